The molecule has 0 unspecified atom stereocenters. The summed E-state index contributed by atoms with van der Waals surface area (Å²) >= 11 is 0. The van der Waals surface area contributed by atoms with E-state index >= 15 is 0 Å². The van der Waals surface area contributed by atoms with E-state index in [0.29, 0.717) is 0 Å². The number of aromatic nitrogens is 2. The summed E-state index contributed by atoms with van der Waals surface area (Å²) in [6.45, 7) is 3.03. The number of imidazole rings is 1. The van der Waals surface area contributed by atoms with Crippen LogP contribution in [0.1, 0.15) is 6.92 Å². The summed E-state index contributed by atoms with van der Waals surface area (Å²) in [4.78, 5) is 4.14. The van der Waals surface area contributed by atoms with Crippen LogP contribution in [0.4, 0.5) is 5.95 Å². The predicted molar refractivity (Wildman–Crippen MR) is 45.2 cm³/mol. The van der Waals surface area contributed by atoms with Gasteiger partial charge in [-0.15, -0.1) is 0 Å². The molecule has 0 saturated carbocycles. The molecule has 0 spiro atoms. The van der Waals surface area contributed by atoms with Crippen LogP contribution in [0.15, 0.2) is 12.4 Å². The minimum Gasteiger partial charge on any atom is -0.317 e. The molecule has 0 radical (unpaired) electrons. The van der Waals surface area contributed by atoms with Crippen molar-refractivity contribution in [1.82, 2.24) is 14.6 Å². The van der Waals surface area contributed by atoms with Crippen LogP contribution in [0.2, 0.25) is 0 Å². The fourth-order valence-corrected chi connectivity index (χ4v) is 0.877. The summed E-state index contributed by atoms with van der Waals surface area (Å²) in [5, 5.41) is 1.87. The van der Waals surface area contributed by atoms with E-state index in [9.17, 15) is 0 Å². The van der Waals surface area contributed by atoms with Gasteiger partial charge in [0.1, 0.15) is 0 Å². The maximum atomic E-state index is 4.14. The predicted octanol–water partition coefficient (Wildman–Crippen LogP) is 0.791. The highest BCUT2D eigenvalue weighted by molar-refractivity contribution is 5.23. The number of hydrogen-bond acceptors (Lipinski definition) is 3. The first-order valence-electron chi connectivity index (χ1n) is 3.69. The molecule has 0 aliphatic rings. The van der Waals surface area contributed by atoms with E-state index in [2.05, 4.69) is 17.3 Å². The van der Waals surface area contributed by atoms with Crippen LogP contribution in [0.5, 0.6) is 0 Å². The van der Waals surface area contributed by atoms with Gasteiger partial charge in [-0.1, -0.05) is 0 Å². The molecule has 0 aromatic carbocycles. The summed E-state index contributed by atoms with van der Waals surface area (Å²) in [6, 6.07) is 0. The Morgan fingerprint density at radius 2 is 2.36 bits per heavy atom. The van der Waals surface area contributed by atoms with Gasteiger partial charge in [0.25, 0.3) is 0 Å². The third-order valence-electron chi connectivity index (χ3n) is 1.38. The molecule has 1 aromatic heterocycles. The maximum Gasteiger partial charge on any atom is 0.217 e. The van der Waals surface area contributed by atoms with E-state index < -0.39 is 0 Å². The van der Waals surface area contributed by atoms with Crippen molar-refractivity contribution >= 4 is 5.95 Å². The van der Waals surface area contributed by atoms with Gasteiger partial charge in [-0.05, 0) is 6.92 Å². The lowest BCUT2D eigenvalue weighted by atomic mass is 10.7. The Hall–Kier alpha value is -1.03. The lowest BCUT2D eigenvalue weighted by Gasteiger charge is -2.13. The highest BCUT2D eigenvalue weighted by Gasteiger charge is 1.98. The second-order valence-corrected chi connectivity index (χ2v) is 2.54. The normalized spacial score (nSPS) is 10.5. The fraction of sp³-hybridized carbons (Fsp3) is 0.571. The van der Waals surface area contributed by atoms with E-state index in [1.165, 1.54) is 0 Å². The minimum absolute atomic E-state index is 0.887. The molecular formula is C7H14N4. The van der Waals surface area contributed by atoms with Gasteiger partial charge in [-0.25, -0.2) is 9.99 Å². The number of anilines is 1. The van der Waals surface area contributed by atoms with Crippen LogP contribution in [0, 0.1) is 0 Å². The van der Waals surface area contributed by atoms with Gasteiger partial charge in [0, 0.05) is 33.0 Å². The maximum absolute atomic E-state index is 4.14. The molecule has 0 fully saturated rings. The third-order valence-corrected chi connectivity index (χ3v) is 1.38. The largest absolute Gasteiger partial charge is 0.317 e. The van der Waals surface area contributed by atoms with Crippen LogP contribution < -0.4 is 5.43 Å². The van der Waals surface area contributed by atoms with E-state index in [1.807, 2.05) is 29.9 Å². The number of rotatable bonds is 3. The van der Waals surface area contributed by atoms with Gasteiger partial charge >= 0.3 is 0 Å². The Morgan fingerprint density at radius 1 is 1.64 bits per heavy atom. The molecule has 0 aliphatic carbocycles. The molecule has 4 heteroatoms. The second kappa shape index (κ2) is 3.39. The Morgan fingerprint density at radius 3 is 2.91 bits per heavy atom. The number of hydrazine groups is 1. The highest BCUT2D eigenvalue weighted by atomic mass is 15.5. The van der Waals surface area contributed by atoms with Crippen LogP contribution >= 0.6 is 0 Å². The molecule has 0 bridgehead atoms. The van der Waals surface area contributed by atoms with Crippen LogP contribution in [-0.2, 0) is 6.54 Å². The number of nitrogens with zero attached hydrogens (tertiary/aromatic N) is 3. The van der Waals surface area contributed by atoms with Crippen molar-refractivity contribution in [1.29, 1.82) is 0 Å². The molecular weight excluding hydrogens is 140 g/mol. The Labute approximate surface area is 66.8 Å². The first-order chi connectivity index (χ1) is 5.24. The van der Waals surface area contributed by atoms with Crippen LogP contribution in [0.3, 0.4) is 0 Å². The minimum atomic E-state index is 0.887. The van der Waals surface area contributed by atoms with Crippen molar-refractivity contribution in [3.05, 3.63) is 12.4 Å². The third kappa shape index (κ3) is 1.94. The topological polar surface area (TPSA) is 33.1 Å². The Balaban J connectivity index is 2.68. The molecule has 11 heavy (non-hydrogen) atoms. The molecule has 4 nitrogen and oxygen atoms in total. The van der Waals surface area contributed by atoms with Crippen molar-refractivity contribution in [3.63, 3.8) is 0 Å². The summed E-state index contributed by atoms with van der Waals surface area (Å²) < 4.78 is 2.04. The average Bonchev–Trinajstić information content (AvgIpc) is 2.34. The molecule has 1 aromatic rings. The van der Waals surface area contributed by atoms with Crippen molar-refractivity contribution in [2.75, 3.05) is 19.5 Å². The summed E-state index contributed by atoms with van der Waals surface area (Å²) in [7, 11) is 3.88. The zero-order valence-corrected chi connectivity index (χ0v) is 7.20. The standard InChI is InChI=1S/C7H14N4/c1-4-11-6-5-8-7(11)9-10(2)3/h5-6H,4H2,1-3H3,(H,8,9). The Kier molecular flexibility index (Phi) is 2.48. The molecule has 1 rings (SSSR count). The molecule has 0 amide bonds. The van der Waals surface area contributed by atoms with Crippen LogP contribution in [0.25, 0.3) is 0 Å². The van der Waals surface area contributed by atoms with Gasteiger partial charge in [-0.3, -0.25) is 5.43 Å². The molecule has 1 heterocycles. The molecule has 0 atom stereocenters. The SMILES string of the molecule is CCn1ccnc1NN(C)C. The number of nitrogens with one attached hydrogen (secondary N) is 1. The first-order valence-corrected chi connectivity index (χ1v) is 3.69. The fourth-order valence-electron chi connectivity index (χ4n) is 0.877. The number of aryl methyl sites for hydroxylation is 1. The molecule has 1 N–H and O–H groups in total. The van der Waals surface area contributed by atoms with E-state index in [4.69, 9.17) is 0 Å². The zero-order chi connectivity index (χ0) is 8.27. The van der Waals surface area contributed by atoms with Crippen molar-refractivity contribution in [2.45, 2.75) is 13.5 Å². The smallest absolute Gasteiger partial charge is 0.217 e. The molecule has 0 saturated heterocycles. The highest BCUT2D eigenvalue weighted by Crippen LogP contribution is 2.02. The summed E-state index contributed by atoms with van der Waals surface area (Å²) in [5.41, 5.74) is 3.09. The zero-order valence-electron chi connectivity index (χ0n) is 7.20. The lowest BCUT2D eigenvalue weighted by molar-refractivity contribution is 0.483. The monoisotopic (exact) mass is 154 g/mol. The summed E-state index contributed by atoms with van der Waals surface area (Å²) in [5.74, 6) is 0.887. The van der Waals surface area contributed by atoms with E-state index in [-0.39, 0.29) is 0 Å². The molecule has 62 valence electrons. The molecule has 0 aliphatic heterocycles. The average molecular weight is 154 g/mol. The second-order valence-electron chi connectivity index (χ2n) is 2.54. The number of hydrogen-bond donors (Lipinski definition) is 1. The first kappa shape index (κ1) is 8.07. The lowest BCUT2D eigenvalue weighted by Crippen LogP contribution is -2.22. The van der Waals surface area contributed by atoms with Gasteiger partial charge in [0.2, 0.25) is 5.95 Å². The Bertz CT molecular complexity index is 216. The van der Waals surface area contributed by atoms with E-state index in [0.717, 1.165) is 12.5 Å². The van der Waals surface area contributed by atoms with Gasteiger partial charge in [-0.2, -0.15) is 0 Å². The van der Waals surface area contributed by atoms with Crippen molar-refractivity contribution in [2.24, 2.45) is 0 Å². The van der Waals surface area contributed by atoms with Gasteiger partial charge in [0.15, 0.2) is 0 Å². The van der Waals surface area contributed by atoms with Crippen molar-refractivity contribution in [3.8, 4) is 0 Å². The van der Waals surface area contributed by atoms with Crippen LogP contribution in [-0.4, -0.2) is 28.7 Å². The van der Waals surface area contributed by atoms with Gasteiger partial charge < -0.3 is 4.57 Å². The van der Waals surface area contributed by atoms with Gasteiger partial charge in [0.05, 0.1) is 0 Å². The van der Waals surface area contributed by atoms with E-state index in [1.54, 1.807) is 6.20 Å². The van der Waals surface area contributed by atoms with Crippen molar-refractivity contribution < 1.29 is 0 Å². The summed E-state index contributed by atoms with van der Waals surface area (Å²) in [6.07, 6.45) is 3.74. The quantitative estimate of drug-likeness (QED) is 0.653.